The average Bonchev–Trinajstić information content (AvgIpc) is 2.76. The summed E-state index contributed by atoms with van der Waals surface area (Å²) in [6, 6.07) is 10.8. The lowest BCUT2D eigenvalue weighted by molar-refractivity contribution is 0.252. The Morgan fingerprint density at radius 3 is 2.56 bits per heavy atom. The van der Waals surface area contributed by atoms with Crippen LogP contribution in [-0.2, 0) is 0 Å². The molecule has 0 spiro atoms. The highest BCUT2D eigenvalue weighted by molar-refractivity contribution is 5.94. The standard InChI is InChI=1S/C25H32N4O3/c1-7-12-29-21-14-23(32-6)18(13-19(21)17(2)15-25(29,3)4)16-26-28-24(30)27-20-10-8-9-11-22(20)31-5/h8-11,13-16H,7,12H2,1-6H3,(H2,27,28,30)/b26-16+. The van der Waals surface area contributed by atoms with Gasteiger partial charge in [-0.1, -0.05) is 25.1 Å². The number of rotatable bonds is 7. The molecule has 0 bridgehead atoms. The second-order valence-corrected chi connectivity index (χ2v) is 8.27. The molecule has 0 aliphatic carbocycles. The third-order valence-electron chi connectivity index (χ3n) is 5.50. The molecule has 1 heterocycles. The highest BCUT2D eigenvalue weighted by Gasteiger charge is 2.31. The maximum Gasteiger partial charge on any atom is 0.339 e. The first-order valence-electron chi connectivity index (χ1n) is 10.7. The fourth-order valence-electron chi connectivity index (χ4n) is 4.09. The van der Waals surface area contributed by atoms with Gasteiger partial charge in [-0.2, -0.15) is 5.10 Å². The van der Waals surface area contributed by atoms with E-state index in [1.165, 1.54) is 5.57 Å². The number of nitrogens with one attached hydrogen (secondary N) is 2. The van der Waals surface area contributed by atoms with Crippen LogP contribution in [0.15, 0.2) is 47.6 Å². The third-order valence-corrected chi connectivity index (χ3v) is 5.50. The van der Waals surface area contributed by atoms with Gasteiger partial charge in [0.1, 0.15) is 11.5 Å². The molecule has 0 fully saturated rings. The topological polar surface area (TPSA) is 75.2 Å². The molecule has 0 radical (unpaired) electrons. The number of fused-ring (bicyclic) bond motifs is 1. The molecule has 1 aliphatic rings. The van der Waals surface area contributed by atoms with Gasteiger partial charge >= 0.3 is 6.03 Å². The zero-order valence-electron chi connectivity index (χ0n) is 19.7. The molecule has 2 aromatic rings. The van der Waals surface area contributed by atoms with E-state index in [1.54, 1.807) is 32.6 Å². The number of methoxy groups -OCH3 is 2. The van der Waals surface area contributed by atoms with Crippen LogP contribution in [0.1, 0.15) is 45.2 Å². The minimum Gasteiger partial charge on any atom is -0.496 e. The normalized spacial score (nSPS) is 14.6. The molecular weight excluding hydrogens is 404 g/mol. The van der Waals surface area contributed by atoms with Gasteiger partial charge in [-0.15, -0.1) is 0 Å². The van der Waals surface area contributed by atoms with Gasteiger partial charge in [0.05, 0.1) is 31.7 Å². The number of nitrogens with zero attached hydrogens (tertiary/aromatic N) is 2. The Morgan fingerprint density at radius 2 is 1.88 bits per heavy atom. The highest BCUT2D eigenvalue weighted by Crippen LogP contribution is 2.41. The Kier molecular flexibility index (Phi) is 7.08. The van der Waals surface area contributed by atoms with Crippen molar-refractivity contribution in [3.8, 4) is 11.5 Å². The number of carbonyl (C=O) groups excluding carboxylic acids is 1. The Hall–Kier alpha value is -3.48. The predicted molar refractivity (Wildman–Crippen MR) is 131 cm³/mol. The molecule has 0 aromatic heterocycles. The molecule has 0 saturated heterocycles. The summed E-state index contributed by atoms with van der Waals surface area (Å²) in [5, 5.41) is 6.85. The van der Waals surface area contributed by atoms with E-state index >= 15 is 0 Å². The van der Waals surface area contributed by atoms with E-state index < -0.39 is 6.03 Å². The minimum absolute atomic E-state index is 0.0775. The number of para-hydroxylation sites is 2. The summed E-state index contributed by atoms with van der Waals surface area (Å²) < 4.78 is 10.9. The van der Waals surface area contributed by atoms with Crippen LogP contribution in [0.4, 0.5) is 16.2 Å². The molecule has 0 saturated carbocycles. The van der Waals surface area contributed by atoms with Crippen LogP contribution in [0.2, 0.25) is 0 Å². The smallest absolute Gasteiger partial charge is 0.339 e. The molecule has 0 unspecified atom stereocenters. The summed E-state index contributed by atoms with van der Waals surface area (Å²) >= 11 is 0. The molecule has 2 N–H and O–H groups in total. The maximum absolute atomic E-state index is 12.3. The number of benzene rings is 2. The molecule has 2 aromatic carbocycles. The summed E-state index contributed by atoms with van der Waals surface area (Å²) in [5.41, 5.74) is 7.26. The van der Waals surface area contributed by atoms with E-state index in [2.05, 4.69) is 66.6 Å². The molecule has 7 nitrogen and oxygen atoms in total. The van der Waals surface area contributed by atoms with Crippen LogP contribution in [0, 0.1) is 0 Å². The van der Waals surface area contributed by atoms with Crippen LogP contribution in [0.25, 0.3) is 5.57 Å². The van der Waals surface area contributed by atoms with E-state index in [0.717, 1.165) is 29.8 Å². The van der Waals surface area contributed by atoms with Gasteiger partial charge < -0.3 is 19.7 Å². The largest absolute Gasteiger partial charge is 0.496 e. The van der Waals surface area contributed by atoms with Gasteiger partial charge in [-0.05, 0) is 51.0 Å². The Balaban J connectivity index is 1.82. The number of hydrogen-bond donors (Lipinski definition) is 2. The van der Waals surface area contributed by atoms with Crippen LogP contribution in [0.3, 0.4) is 0 Å². The number of ether oxygens (including phenoxy) is 2. The van der Waals surface area contributed by atoms with Crippen molar-refractivity contribution in [2.75, 3.05) is 31.0 Å². The summed E-state index contributed by atoms with van der Waals surface area (Å²) in [5.74, 6) is 1.27. The number of hydrazone groups is 1. The summed E-state index contributed by atoms with van der Waals surface area (Å²) in [6.07, 6.45) is 4.93. The molecular formula is C25H32N4O3. The fraction of sp³-hybridized carbons (Fsp3) is 0.360. The van der Waals surface area contributed by atoms with Crippen LogP contribution in [0.5, 0.6) is 11.5 Å². The van der Waals surface area contributed by atoms with Gasteiger partial charge in [0.2, 0.25) is 0 Å². The first-order valence-corrected chi connectivity index (χ1v) is 10.7. The van der Waals surface area contributed by atoms with E-state index in [4.69, 9.17) is 9.47 Å². The molecule has 7 heteroatoms. The molecule has 1 aliphatic heterocycles. The molecule has 3 rings (SSSR count). The lowest BCUT2D eigenvalue weighted by Crippen LogP contribution is -2.45. The number of hydrogen-bond acceptors (Lipinski definition) is 5. The quantitative estimate of drug-likeness (QED) is 0.458. The van der Waals surface area contributed by atoms with Crippen LogP contribution < -0.4 is 25.1 Å². The Labute approximate surface area is 190 Å². The monoisotopic (exact) mass is 436 g/mol. The van der Waals surface area contributed by atoms with Crippen molar-refractivity contribution in [2.45, 2.75) is 39.7 Å². The van der Waals surface area contributed by atoms with Crippen molar-refractivity contribution < 1.29 is 14.3 Å². The zero-order valence-corrected chi connectivity index (χ0v) is 19.7. The summed E-state index contributed by atoms with van der Waals surface area (Å²) in [4.78, 5) is 14.7. The molecule has 170 valence electrons. The van der Waals surface area contributed by atoms with Crippen molar-refractivity contribution in [1.82, 2.24) is 5.43 Å². The first-order chi connectivity index (χ1) is 15.3. The van der Waals surface area contributed by atoms with Gasteiger partial charge in [0.25, 0.3) is 0 Å². The number of urea groups is 1. The lowest BCUT2D eigenvalue weighted by Gasteiger charge is -2.43. The lowest BCUT2D eigenvalue weighted by atomic mass is 9.87. The predicted octanol–water partition coefficient (Wildman–Crippen LogP) is 5.27. The number of anilines is 2. The molecule has 0 atom stereocenters. The zero-order chi connectivity index (χ0) is 23.3. The minimum atomic E-state index is -0.463. The summed E-state index contributed by atoms with van der Waals surface area (Å²) in [7, 11) is 3.19. The van der Waals surface area contributed by atoms with Crippen molar-refractivity contribution in [3.63, 3.8) is 0 Å². The van der Waals surface area contributed by atoms with Gasteiger partial charge in [-0.25, -0.2) is 10.2 Å². The van der Waals surface area contributed by atoms with E-state index in [9.17, 15) is 4.79 Å². The van der Waals surface area contributed by atoms with Gasteiger partial charge in [0.15, 0.2) is 0 Å². The number of carbonyl (C=O) groups is 1. The van der Waals surface area contributed by atoms with Gasteiger partial charge in [0, 0.05) is 29.4 Å². The van der Waals surface area contributed by atoms with Crippen molar-refractivity contribution in [2.24, 2.45) is 5.10 Å². The van der Waals surface area contributed by atoms with Gasteiger partial charge in [-0.3, -0.25) is 0 Å². The third kappa shape index (κ3) is 4.88. The number of allylic oxidation sites excluding steroid dienone is 1. The SMILES string of the molecule is CCCN1c2cc(OC)c(/C=N/NC(=O)Nc3ccccc3OC)cc2C(C)=CC1(C)C. The van der Waals surface area contributed by atoms with Crippen molar-refractivity contribution in [1.29, 1.82) is 0 Å². The maximum atomic E-state index is 12.3. The second-order valence-electron chi connectivity index (χ2n) is 8.27. The average molecular weight is 437 g/mol. The first kappa shape index (κ1) is 23.2. The molecule has 2 amide bonds. The molecule has 32 heavy (non-hydrogen) atoms. The fourth-order valence-corrected chi connectivity index (χ4v) is 4.09. The van der Waals surface area contributed by atoms with E-state index in [1.807, 2.05) is 12.1 Å². The highest BCUT2D eigenvalue weighted by atomic mass is 16.5. The van der Waals surface area contributed by atoms with Crippen molar-refractivity contribution in [3.05, 3.63) is 53.6 Å². The van der Waals surface area contributed by atoms with E-state index in [-0.39, 0.29) is 5.54 Å². The van der Waals surface area contributed by atoms with Crippen LogP contribution >= 0.6 is 0 Å². The summed E-state index contributed by atoms with van der Waals surface area (Å²) in [6.45, 7) is 9.70. The Bertz CT molecular complexity index is 1040. The second kappa shape index (κ2) is 9.77. The van der Waals surface area contributed by atoms with E-state index in [0.29, 0.717) is 17.2 Å². The van der Waals surface area contributed by atoms with Crippen molar-refractivity contribution >= 4 is 29.2 Å². The number of amides is 2. The van der Waals surface area contributed by atoms with Crippen LogP contribution in [-0.4, -0.2) is 38.5 Å². The Morgan fingerprint density at radius 1 is 1.16 bits per heavy atom.